The smallest absolute Gasteiger partial charge is 0.223 e. The molecule has 1 aliphatic heterocycles. The number of likely N-dealkylation sites (tertiary alicyclic amines) is 1. The minimum atomic E-state index is -1.17. The first-order chi connectivity index (χ1) is 11.0. The molecule has 1 amide bonds. The fourth-order valence-electron chi connectivity index (χ4n) is 2.55. The highest BCUT2D eigenvalue weighted by molar-refractivity contribution is 5.85. The molecule has 6 heteroatoms. The van der Waals surface area contributed by atoms with Gasteiger partial charge in [-0.2, -0.15) is 0 Å². The van der Waals surface area contributed by atoms with Gasteiger partial charge in [-0.25, -0.2) is 0 Å². The lowest BCUT2D eigenvalue weighted by molar-refractivity contribution is -0.311. The van der Waals surface area contributed by atoms with Gasteiger partial charge < -0.3 is 24.3 Å². The van der Waals surface area contributed by atoms with Gasteiger partial charge in [-0.15, -0.1) is 0 Å². The molecule has 0 bridgehead atoms. The van der Waals surface area contributed by atoms with Crippen molar-refractivity contribution in [3.8, 4) is 11.5 Å². The molecule has 1 fully saturated rings. The minimum Gasteiger partial charge on any atom is -0.550 e. The van der Waals surface area contributed by atoms with Crippen molar-refractivity contribution in [2.24, 2.45) is 5.92 Å². The largest absolute Gasteiger partial charge is 0.550 e. The third kappa shape index (κ3) is 4.37. The first kappa shape index (κ1) is 17.1. The van der Waals surface area contributed by atoms with Crippen LogP contribution in [0.3, 0.4) is 0 Å². The molecule has 2 rings (SSSR count). The molecule has 1 saturated heterocycles. The zero-order valence-electron chi connectivity index (χ0n) is 13.5. The first-order valence-corrected chi connectivity index (χ1v) is 7.92. The Bertz CT molecular complexity index is 572. The van der Waals surface area contributed by atoms with Crippen LogP contribution in [0.4, 0.5) is 0 Å². The van der Waals surface area contributed by atoms with E-state index < -0.39 is 11.9 Å². The Kier molecular flexibility index (Phi) is 5.84. The molecule has 1 aromatic rings. The molecule has 1 heterocycles. The lowest BCUT2D eigenvalue weighted by atomic mass is 10.1. The van der Waals surface area contributed by atoms with Crippen LogP contribution in [-0.4, -0.2) is 36.5 Å². The van der Waals surface area contributed by atoms with E-state index in [0.29, 0.717) is 31.3 Å². The number of amides is 1. The van der Waals surface area contributed by atoms with Gasteiger partial charge in [0.25, 0.3) is 0 Å². The summed E-state index contributed by atoms with van der Waals surface area (Å²) in [5.41, 5.74) is 0.879. The third-order valence-electron chi connectivity index (χ3n) is 3.69. The topological polar surface area (TPSA) is 78.9 Å². The van der Waals surface area contributed by atoms with Gasteiger partial charge in [0.2, 0.25) is 5.91 Å². The summed E-state index contributed by atoms with van der Waals surface area (Å²) < 4.78 is 11.2. The summed E-state index contributed by atoms with van der Waals surface area (Å²) in [4.78, 5) is 24.3. The summed E-state index contributed by atoms with van der Waals surface area (Å²) in [6.07, 6.45) is 0.915. The van der Waals surface area contributed by atoms with E-state index in [-0.39, 0.29) is 18.9 Å². The molecule has 1 aliphatic rings. The van der Waals surface area contributed by atoms with E-state index in [4.69, 9.17) is 9.47 Å². The maximum atomic E-state index is 11.9. The number of hydrogen-bond acceptors (Lipinski definition) is 5. The van der Waals surface area contributed by atoms with Gasteiger partial charge in [-0.05, 0) is 31.0 Å². The molecule has 23 heavy (non-hydrogen) atoms. The molecule has 0 spiro atoms. The highest BCUT2D eigenvalue weighted by atomic mass is 16.5. The molecular formula is C17H22NO5-. The van der Waals surface area contributed by atoms with E-state index in [1.165, 1.54) is 4.90 Å². The highest BCUT2D eigenvalue weighted by Crippen LogP contribution is 2.30. The van der Waals surface area contributed by atoms with Crippen LogP contribution in [-0.2, 0) is 16.1 Å². The van der Waals surface area contributed by atoms with Gasteiger partial charge in [0, 0.05) is 31.4 Å². The Morgan fingerprint density at radius 1 is 1.30 bits per heavy atom. The summed E-state index contributed by atoms with van der Waals surface area (Å²) in [6.45, 7) is 5.60. The van der Waals surface area contributed by atoms with Crippen molar-refractivity contribution in [2.45, 2.75) is 33.2 Å². The van der Waals surface area contributed by atoms with E-state index in [0.717, 1.165) is 12.0 Å². The third-order valence-corrected chi connectivity index (χ3v) is 3.69. The highest BCUT2D eigenvalue weighted by Gasteiger charge is 2.30. The SMILES string of the molecule is CCCOc1ccc(CN2C[C@H](C(=O)[O-])CC2=O)cc1OCC. The Hall–Kier alpha value is -2.24. The van der Waals surface area contributed by atoms with Crippen molar-refractivity contribution in [2.75, 3.05) is 19.8 Å². The van der Waals surface area contributed by atoms with Gasteiger partial charge in [-0.1, -0.05) is 13.0 Å². The average molecular weight is 320 g/mol. The molecule has 0 saturated carbocycles. The number of carbonyl (C=O) groups excluding carboxylic acids is 2. The van der Waals surface area contributed by atoms with Crippen LogP contribution in [0.2, 0.25) is 0 Å². The quantitative estimate of drug-likeness (QED) is 0.713. The molecule has 0 unspecified atom stereocenters. The maximum absolute atomic E-state index is 11.9. The van der Waals surface area contributed by atoms with E-state index >= 15 is 0 Å². The number of rotatable bonds is 8. The van der Waals surface area contributed by atoms with Crippen LogP contribution in [0, 0.1) is 5.92 Å². The number of carboxylic acids is 1. The maximum Gasteiger partial charge on any atom is 0.223 e. The second-order valence-corrected chi connectivity index (χ2v) is 5.56. The van der Waals surface area contributed by atoms with Gasteiger partial charge in [0.1, 0.15) is 0 Å². The zero-order chi connectivity index (χ0) is 16.8. The summed E-state index contributed by atoms with van der Waals surface area (Å²) in [7, 11) is 0. The Morgan fingerprint density at radius 3 is 2.70 bits per heavy atom. The van der Waals surface area contributed by atoms with E-state index in [1.807, 2.05) is 32.0 Å². The lowest BCUT2D eigenvalue weighted by Gasteiger charge is -2.18. The van der Waals surface area contributed by atoms with Crippen molar-refractivity contribution in [3.63, 3.8) is 0 Å². The predicted molar refractivity (Wildman–Crippen MR) is 81.9 cm³/mol. The van der Waals surface area contributed by atoms with Crippen molar-refractivity contribution < 1.29 is 24.2 Å². The standard InChI is InChI=1S/C17H23NO5/c1-3-7-23-14-6-5-12(8-15(14)22-4-2)10-18-11-13(17(20)21)9-16(18)19/h5-6,8,13H,3-4,7,9-11H2,1-2H3,(H,20,21)/p-1/t13-/m1/s1. The molecule has 126 valence electrons. The fourth-order valence-corrected chi connectivity index (χ4v) is 2.55. The molecule has 0 N–H and O–H groups in total. The lowest BCUT2D eigenvalue weighted by Crippen LogP contribution is -2.33. The second kappa shape index (κ2) is 7.85. The monoisotopic (exact) mass is 320 g/mol. The zero-order valence-corrected chi connectivity index (χ0v) is 13.5. The fraction of sp³-hybridized carbons (Fsp3) is 0.529. The van der Waals surface area contributed by atoms with Gasteiger partial charge in [-0.3, -0.25) is 4.79 Å². The van der Waals surface area contributed by atoms with E-state index in [2.05, 4.69) is 0 Å². The summed E-state index contributed by atoms with van der Waals surface area (Å²) in [5, 5.41) is 10.9. The first-order valence-electron chi connectivity index (χ1n) is 7.92. The Balaban J connectivity index is 2.09. The van der Waals surface area contributed by atoms with E-state index in [9.17, 15) is 14.7 Å². The predicted octanol–water partition coefficient (Wildman–Crippen LogP) is 0.972. The molecule has 1 aromatic carbocycles. The van der Waals surface area contributed by atoms with Crippen LogP contribution in [0.5, 0.6) is 11.5 Å². The number of nitrogens with zero attached hydrogens (tertiary/aromatic N) is 1. The van der Waals surface area contributed by atoms with Crippen LogP contribution in [0.15, 0.2) is 18.2 Å². The number of benzene rings is 1. The Morgan fingerprint density at radius 2 is 2.09 bits per heavy atom. The molecule has 0 aromatic heterocycles. The number of aliphatic carboxylic acids is 1. The number of hydrogen-bond donors (Lipinski definition) is 0. The molecule has 6 nitrogen and oxygen atoms in total. The van der Waals surface area contributed by atoms with Crippen LogP contribution in [0.25, 0.3) is 0 Å². The normalized spacial score (nSPS) is 17.4. The van der Waals surface area contributed by atoms with Gasteiger partial charge in [0.05, 0.1) is 13.2 Å². The Labute approximate surface area is 136 Å². The molecule has 0 radical (unpaired) electrons. The van der Waals surface area contributed by atoms with Crippen molar-refractivity contribution >= 4 is 11.9 Å². The molecule has 0 aliphatic carbocycles. The number of carboxylic acid groups (broad SMARTS) is 1. The average Bonchev–Trinajstić information content (AvgIpc) is 2.88. The van der Waals surface area contributed by atoms with Gasteiger partial charge in [0.15, 0.2) is 11.5 Å². The molecular weight excluding hydrogens is 298 g/mol. The van der Waals surface area contributed by atoms with E-state index in [1.54, 1.807) is 0 Å². The summed E-state index contributed by atoms with van der Waals surface area (Å²) >= 11 is 0. The van der Waals surface area contributed by atoms with Crippen molar-refractivity contribution in [1.29, 1.82) is 0 Å². The van der Waals surface area contributed by atoms with Crippen LogP contribution in [0.1, 0.15) is 32.3 Å². The van der Waals surface area contributed by atoms with Crippen LogP contribution < -0.4 is 14.6 Å². The van der Waals surface area contributed by atoms with Crippen molar-refractivity contribution in [3.05, 3.63) is 23.8 Å². The summed E-state index contributed by atoms with van der Waals surface area (Å²) in [6, 6.07) is 5.54. The number of ether oxygens (including phenoxy) is 2. The molecule has 1 atom stereocenters. The van der Waals surface area contributed by atoms with Crippen LogP contribution >= 0.6 is 0 Å². The van der Waals surface area contributed by atoms with Crippen molar-refractivity contribution in [1.82, 2.24) is 4.90 Å². The second-order valence-electron chi connectivity index (χ2n) is 5.56. The van der Waals surface area contributed by atoms with Gasteiger partial charge >= 0.3 is 0 Å². The summed E-state index contributed by atoms with van der Waals surface area (Å²) in [5.74, 6) is -0.733. The number of carbonyl (C=O) groups is 2. The minimum absolute atomic E-state index is 0.0122.